The van der Waals surface area contributed by atoms with Gasteiger partial charge in [0.05, 0.1) is 0 Å². The topological polar surface area (TPSA) is 26.3 Å². The lowest BCUT2D eigenvalue weighted by Crippen LogP contribution is -2.69. The second-order valence-electron chi connectivity index (χ2n) is 8.58. The molecule has 1 aliphatic carbocycles. The van der Waals surface area contributed by atoms with Gasteiger partial charge in [-0.05, 0) is 18.3 Å². The smallest absolute Gasteiger partial charge is 0.384 e. The molecule has 0 radical (unpaired) electrons. The molecule has 14 heteroatoms. The quantitative estimate of drug-likeness (QED) is 0.181. The van der Waals surface area contributed by atoms with E-state index in [0.29, 0.717) is 5.92 Å². The molecule has 0 aromatic carbocycles. The van der Waals surface area contributed by atoms with E-state index in [4.69, 9.17) is 0 Å². The normalized spacial score (nSPS) is 21.1. The third-order valence-electron chi connectivity index (χ3n) is 6.04. The van der Waals surface area contributed by atoms with Crippen LogP contribution in [-0.2, 0) is 9.53 Å². The Hall–Kier alpha value is -1.37. The minimum atomic E-state index is -7.62. The van der Waals surface area contributed by atoms with Gasteiger partial charge in [0.15, 0.2) is 6.61 Å². The first-order chi connectivity index (χ1) is 15.3. The Morgan fingerprint density at radius 2 is 1.26 bits per heavy atom. The Bertz CT molecular complexity index is 658. The molecule has 1 aliphatic rings. The lowest BCUT2D eigenvalue weighted by Gasteiger charge is -2.38. The molecule has 0 heterocycles. The van der Waals surface area contributed by atoms with Crippen molar-refractivity contribution in [3.8, 4) is 0 Å². The molecule has 0 N–H and O–H groups in total. The summed E-state index contributed by atoms with van der Waals surface area (Å²) < 4.78 is 161. The molecule has 2 nitrogen and oxygen atoms in total. The van der Waals surface area contributed by atoms with Gasteiger partial charge >= 0.3 is 42.0 Å². The van der Waals surface area contributed by atoms with E-state index in [1.54, 1.807) is 0 Å². The highest BCUT2D eigenvalue weighted by Gasteiger charge is 2.87. The first kappa shape index (κ1) is 30.7. The summed E-state index contributed by atoms with van der Waals surface area (Å²) in [6, 6.07) is 0. The summed E-state index contributed by atoms with van der Waals surface area (Å²) in [5, 5.41) is 0. The van der Waals surface area contributed by atoms with E-state index in [2.05, 4.69) is 4.74 Å². The Morgan fingerprint density at radius 1 is 0.794 bits per heavy atom. The number of unbranched alkanes of at least 4 members (excludes halogenated alkanes) is 1. The van der Waals surface area contributed by atoms with Crippen LogP contribution >= 0.6 is 0 Å². The highest BCUT2D eigenvalue weighted by atomic mass is 19.4. The fraction of sp³-hybridized carbons (Fsp3) is 0.950. The van der Waals surface area contributed by atoms with E-state index in [1.165, 1.54) is 0 Å². The molecule has 0 unspecified atom stereocenters. The second-order valence-corrected chi connectivity index (χ2v) is 8.58. The van der Waals surface area contributed by atoms with Crippen molar-refractivity contribution in [2.45, 2.75) is 101 Å². The molecule has 0 aromatic rings. The van der Waals surface area contributed by atoms with E-state index in [1.807, 2.05) is 6.92 Å². The number of esters is 1. The van der Waals surface area contributed by atoms with Gasteiger partial charge in [0.25, 0.3) is 0 Å². The average molecular weight is 526 g/mol. The van der Waals surface area contributed by atoms with Crippen molar-refractivity contribution in [1.82, 2.24) is 0 Å². The number of alkyl halides is 12. The first-order valence-electron chi connectivity index (χ1n) is 10.7. The van der Waals surface area contributed by atoms with E-state index >= 15 is 0 Å². The van der Waals surface area contributed by atoms with Crippen LogP contribution < -0.4 is 0 Å². The highest BCUT2D eigenvalue weighted by molar-refractivity contribution is 5.69. The van der Waals surface area contributed by atoms with Gasteiger partial charge in [-0.3, -0.25) is 4.79 Å². The number of carbonyl (C=O) groups excluding carboxylic acids is 1. The van der Waals surface area contributed by atoms with Crippen LogP contribution in [0.3, 0.4) is 0 Å². The van der Waals surface area contributed by atoms with Gasteiger partial charge in [0.2, 0.25) is 0 Å². The fourth-order valence-corrected chi connectivity index (χ4v) is 3.73. The van der Waals surface area contributed by atoms with Gasteiger partial charge in [-0.2, -0.15) is 43.9 Å². The summed E-state index contributed by atoms with van der Waals surface area (Å²) in [7, 11) is 0. The summed E-state index contributed by atoms with van der Waals surface area (Å²) in [6.07, 6.45) is 0.328. The molecular weight excluding hydrogens is 500 g/mol. The Kier molecular flexibility index (Phi) is 10.0. The van der Waals surface area contributed by atoms with Gasteiger partial charge in [0.1, 0.15) is 0 Å². The van der Waals surface area contributed by atoms with E-state index in [-0.39, 0.29) is 12.3 Å². The first-order valence-corrected chi connectivity index (χ1v) is 10.7. The lowest BCUT2D eigenvalue weighted by molar-refractivity contribution is -0.414. The molecule has 0 saturated heterocycles. The SMILES string of the molecule is CCCCC1CCC(CCC(=O)OCC(F)(F)C(F)(F)C(F)(F)C(F)(F)C(F)(F)C(F)F)CC1. The number of rotatable bonds is 13. The van der Waals surface area contributed by atoms with Gasteiger partial charge in [0, 0.05) is 6.42 Å². The highest BCUT2D eigenvalue weighted by Crippen LogP contribution is 2.58. The molecule has 0 atom stereocenters. The van der Waals surface area contributed by atoms with Crippen molar-refractivity contribution < 1.29 is 62.2 Å². The molecule has 0 bridgehead atoms. The zero-order valence-electron chi connectivity index (χ0n) is 18.2. The molecule has 1 fully saturated rings. The van der Waals surface area contributed by atoms with Gasteiger partial charge in [-0.25, -0.2) is 8.78 Å². The summed E-state index contributed by atoms with van der Waals surface area (Å²) in [5.41, 5.74) is 0. The van der Waals surface area contributed by atoms with Gasteiger partial charge in [-0.15, -0.1) is 0 Å². The Morgan fingerprint density at radius 3 is 1.71 bits per heavy atom. The Labute approximate surface area is 188 Å². The van der Waals surface area contributed by atoms with Crippen LogP contribution in [0.5, 0.6) is 0 Å². The van der Waals surface area contributed by atoms with Crippen LogP contribution in [-0.4, -0.2) is 48.6 Å². The minimum Gasteiger partial charge on any atom is -0.459 e. The van der Waals surface area contributed by atoms with Crippen LogP contribution in [0.25, 0.3) is 0 Å². The van der Waals surface area contributed by atoms with Crippen LogP contribution in [0.15, 0.2) is 0 Å². The third-order valence-corrected chi connectivity index (χ3v) is 6.04. The number of hydrogen-bond acceptors (Lipinski definition) is 2. The lowest BCUT2D eigenvalue weighted by atomic mass is 9.78. The summed E-state index contributed by atoms with van der Waals surface area (Å²) in [4.78, 5) is 11.6. The summed E-state index contributed by atoms with van der Waals surface area (Å²) in [5.74, 6) is -36.8. The van der Waals surface area contributed by atoms with Gasteiger partial charge < -0.3 is 4.74 Å². The number of halogens is 12. The van der Waals surface area contributed by atoms with Crippen molar-refractivity contribution in [2.24, 2.45) is 11.8 Å². The molecule has 0 amide bonds. The zero-order valence-corrected chi connectivity index (χ0v) is 18.2. The maximum Gasteiger partial charge on any atom is 0.384 e. The predicted octanol–water partition coefficient (Wildman–Crippen LogP) is 7.75. The zero-order chi connectivity index (χ0) is 26.6. The molecule has 0 spiro atoms. The minimum absolute atomic E-state index is 0.00646. The predicted molar refractivity (Wildman–Crippen MR) is 95.9 cm³/mol. The van der Waals surface area contributed by atoms with Crippen LogP contribution in [0, 0.1) is 11.8 Å². The van der Waals surface area contributed by atoms with Gasteiger partial charge in [-0.1, -0.05) is 51.9 Å². The van der Waals surface area contributed by atoms with E-state index < -0.39 is 55.0 Å². The average Bonchev–Trinajstić information content (AvgIpc) is 2.74. The monoisotopic (exact) mass is 526 g/mol. The summed E-state index contributed by atoms with van der Waals surface area (Å²) in [6.45, 7) is -0.795. The molecular formula is C20H26F12O2. The molecule has 34 heavy (non-hydrogen) atoms. The number of carbonyl (C=O) groups is 1. The van der Waals surface area contributed by atoms with Crippen molar-refractivity contribution in [2.75, 3.05) is 6.61 Å². The largest absolute Gasteiger partial charge is 0.459 e. The van der Waals surface area contributed by atoms with E-state index in [0.717, 1.165) is 44.9 Å². The maximum atomic E-state index is 13.6. The van der Waals surface area contributed by atoms with E-state index in [9.17, 15) is 57.5 Å². The van der Waals surface area contributed by atoms with Crippen molar-refractivity contribution >= 4 is 5.97 Å². The third kappa shape index (κ3) is 6.24. The van der Waals surface area contributed by atoms with Crippen molar-refractivity contribution in [3.05, 3.63) is 0 Å². The maximum absolute atomic E-state index is 13.6. The Balaban J connectivity index is 2.70. The van der Waals surface area contributed by atoms with Crippen LogP contribution in [0.1, 0.15) is 64.7 Å². The molecule has 0 aromatic heterocycles. The molecule has 0 aliphatic heterocycles. The van der Waals surface area contributed by atoms with Crippen LogP contribution in [0.4, 0.5) is 52.7 Å². The molecule has 202 valence electrons. The summed E-state index contributed by atoms with van der Waals surface area (Å²) >= 11 is 0. The van der Waals surface area contributed by atoms with Crippen LogP contribution in [0.2, 0.25) is 0 Å². The van der Waals surface area contributed by atoms with Crippen molar-refractivity contribution in [1.29, 1.82) is 0 Å². The standard InChI is InChI=1S/C20H26F12O2/c1-2-3-4-12-5-7-13(8-6-12)9-10-14(33)34-11-16(23,24)18(27,28)20(31,32)19(29,30)17(25,26)15(21)22/h12-13,15H,2-11H2,1H3. The van der Waals surface area contributed by atoms with Crippen molar-refractivity contribution in [3.63, 3.8) is 0 Å². The number of hydrogen-bond donors (Lipinski definition) is 0. The second kappa shape index (κ2) is 11.1. The number of ether oxygens (including phenoxy) is 1. The molecule has 1 saturated carbocycles. The molecule has 1 rings (SSSR count). The fourth-order valence-electron chi connectivity index (χ4n) is 3.73.